The second-order valence-corrected chi connectivity index (χ2v) is 4.29. The number of rotatable bonds is 0. The van der Waals surface area contributed by atoms with Crippen LogP contribution in [0.5, 0.6) is 0 Å². The van der Waals surface area contributed by atoms with Crippen molar-refractivity contribution in [1.29, 1.82) is 0 Å². The Morgan fingerprint density at radius 2 is 2.06 bits per heavy atom. The third-order valence-electron chi connectivity index (χ3n) is 2.92. The van der Waals surface area contributed by atoms with Crippen LogP contribution >= 0.6 is 11.6 Å². The third kappa shape index (κ3) is 1.09. The molecule has 2 heterocycles. The topological polar surface area (TPSA) is 47.6 Å². The summed E-state index contributed by atoms with van der Waals surface area (Å²) in [6, 6.07) is 3.61. The molecule has 3 rings (SSSR count). The number of ether oxygens (including phenoxy) is 2. The lowest BCUT2D eigenvalue weighted by molar-refractivity contribution is -0.178. The van der Waals surface area contributed by atoms with E-state index in [1.54, 1.807) is 6.07 Å². The quantitative estimate of drug-likeness (QED) is 0.751. The Morgan fingerprint density at radius 3 is 2.75 bits per heavy atom. The fourth-order valence-corrected chi connectivity index (χ4v) is 2.44. The number of hydrogen-bond donors (Lipinski definition) is 1. The molecule has 1 saturated heterocycles. The van der Waals surface area contributed by atoms with Gasteiger partial charge in [-0.2, -0.15) is 0 Å². The number of amides is 1. The van der Waals surface area contributed by atoms with E-state index in [0.717, 1.165) is 5.56 Å². The highest BCUT2D eigenvalue weighted by molar-refractivity contribution is 6.33. The molecular weight excluding hydrogens is 230 g/mol. The molecule has 0 radical (unpaired) electrons. The molecule has 0 aromatic heterocycles. The average molecular weight is 240 g/mol. The van der Waals surface area contributed by atoms with Crippen LogP contribution in [0.1, 0.15) is 11.1 Å². The summed E-state index contributed by atoms with van der Waals surface area (Å²) in [5.41, 5.74) is 2.26. The summed E-state index contributed by atoms with van der Waals surface area (Å²) in [7, 11) is 0. The molecule has 1 fully saturated rings. The monoisotopic (exact) mass is 239 g/mol. The zero-order valence-corrected chi connectivity index (χ0v) is 9.43. The summed E-state index contributed by atoms with van der Waals surface area (Å²) in [5.74, 6) is -1.62. The number of carbonyl (C=O) groups is 1. The molecule has 16 heavy (non-hydrogen) atoms. The second-order valence-electron chi connectivity index (χ2n) is 3.88. The molecular formula is C11H10ClNO3. The number of carbonyl (C=O) groups excluding carboxylic acids is 1. The minimum Gasteiger partial charge on any atom is -0.336 e. The highest BCUT2D eigenvalue weighted by Gasteiger charge is 2.54. The Labute approximate surface area is 97.5 Å². The molecule has 0 aliphatic carbocycles. The third-order valence-corrected chi connectivity index (χ3v) is 3.24. The van der Waals surface area contributed by atoms with Crippen LogP contribution in [0.4, 0.5) is 5.69 Å². The smallest absolute Gasteiger partial charge is 0.290 e. The number of fused-ring (bicyclic) bond motifs is 2. The van der Waals surface area contributed by atoms with Gasteiger partial charge in [-0.25, -0.2) is 0 Å². The van der Waals surface area contributed by atoms with Gasteiger partial charge in [0.1, 0.15) is 0 Å². The molecule has 1 amide bonds. The van der Waals surface area contributed by atoms with Crippen molar-refractivity contribution in [3.05, 3.63) is 28.3 Å². The Morgan fingerprint density at radius 1 is 1.38 bits per heavy atom. The first-order valence-electron chi connectivity index (χ1n) is 5.04. The molecule has 0 saturated carbocycles. The summed E-state index contributed by atoms with van der Waals surface area (Å²) in [4.78, 5) is 11.9. The standard InChI is InChI=1S/C11H10ClNO3/c1-6-2-3-7(12)8-9(6)13-10(14)11(8)15-4-5-16-11/h2-3H,4-5H2,1H3,(H,13,14). The van der Waals surface area contributed by atoms with E-state index < -0.39 is 5.79 Å². The van der Waals surface area contributed by atoms with Crippen LogP contribution in [0.25, 0.3) is 0 Å². The van der Waals surface area contributed by atoms with Gasteiger partial charge >= 0.3 is 0 Å². The maximum absolute atomic E-state index is 11.9. The largest absolute Gasteiger partial charge is 0.336 e. The maximum Gasteiger partial charge on any atom is 0.290 e. The van der Waals surface area contributed by atoms with Gasteiger partial charge in [-0.05, 0) is 18.6 Å². The van der Waals surface area contributed by atoms with Crippen molar-refractivity contribution < 1.29 is 14.3 Å². The fraction of sp³-hybridized carbons (Fsp3) is 0.364. The highest BCUT2D eigenvalue weighted by atomic mass is 35.5. The first kappa shape index (κ1) is 10.1. The van der Waals surface area contributed by atoms with Crippen LogP contribution < -0.4 is 5.32 Å². The van der Waals surface area contributed by atoms with E-state index in [9.17, 15) is 4.79 Å². The summed E-state index contributed by atoms with van der Waals surface area (Å²) in [6.45, 7) is 2.71. The lowest BCUT2D eigenvalue weighted by Crippen LogP contribution is -2.35. The van der Waals surface area contributed by atoms with Crippen LogP contribution in [0.2, 0.25) is 5.02 Å². The van der Waals surface area contributed by atoms with E-state index in [4.69, 9.17) is 21.1 Å². The molecule has 1 spiro atoms. The molecule has 1 aromatic carbocycles. The van der Waals surface area contributed by atoms with E-state index in [1.165, 1.54) is 0 Å². The van der Waals surface area contributed by atoms with Gasteiger partial charge in [0, 0.05) is 0 Å². The zero-order valence-electron chi connectivity index (χ0n) is 8.67. The summed E-state index contributed by atoms with van der Waals surface area (Å²) >= 11 is 6.12. The average Bonchev–Trinajstić information content (AvgIpc) is 2.83. The minimum atomic E-state index is -1.32. The molecule has 84 valence electrons. The summed E-state index contributed by atoms with van der Waals surface area (Å²) in [5, 5.41) is 3.25. The minimum absolute atomic E-state index is 0.295. The molecule has 1 N–H and O–H groups in total. The van der Waals surface area contributed by atoms with Crippen LogP contribution in [-0.4, -0.2) is 19.1 Å². The number of benzene rings is 1. The summed E-state index contributed by atoms with van der Waals surface area (Å²) < 4.78 is 10.9. The fourth-order valence-electron chi connectivity index (χ4n) is 2.16. The van der Waals surface area contributed by atoms with Crippen molar-refractivity contribution in [3.63, 3.8) is 0 Å². The molecule has 2 aliphatic rings. The predicted octanol–water partition coefficient (Wildman–Crippen LogP) is 1.80. The van der Waals surface area contributed by atoms with Gasteiger partial charge in [0.05, 0.1) is 29.5 Å². The van der Waals surface area contributed by atoms with E-state index in [0.29, 0.717) is 29.5 Å². The van der Waals surface area contributed by atoms with Crippen molar-refractivity contribution in [1.82, 2.24) is 0 Å². The molecule has 0 atom stereocenters. The number of nitrogens with one attached hydrogen (secondary N) is 1. The van der Waals surface area contributed by atoms with Crippen molar-refractivity contribution in [2.75, 3.05) is 18.5 Å². The van der Waals surface area contributed by atoms with E-state index in [-0.39, 0.29) is 5.91 Å². The van der Waals surface area contributed by atoms with Gasteiger partial charge < -0.3 is 14.8 Å². The summed E-state index contributed by atoms with van der Waals surface area (Å²) in [6.07, 6.45) is 0. The molecule has 0 bridgehead atoms. The zero-order chi connectivity index (χ0) is 11.3. The Bertz CT molecular complexity index is 480. The van der Waals surface area contributed by atoms with Crippen LogP contribution in [-0.2, 0) is 20.1 Å². The molecule has 5 heteroatoms. The van der Waals surface area contributed by atoms with Gasteiger partial charge in [0.25, 0.3) is 11.7 Å². The second kappa shape index (κ2) is 3.20. The normalized spacial score (nSPS) is 21.2. The van der Waals surface area contributed by atoms with Crippen LogP contribution in [0.3, 0.4) is 0 Å². The van der Waals surface area contributed by atoms with Crippen molar-refractivity contribution in [3.8, 4) is 0 Å². The van der Waals surface area contributed by atoms with Gasteiger partial charge in [-0.1, -0.05) is 17.7 Å². The first-order valence-corrected chi connectivity index (χ1v) is 5.42. The number of anilines is 1. The Balaban J connectivity index is 2.27. The Hall–Kier alpha value is -1.10. The maximum atomic E-state index is 11.9. The van der Waals surface area contributed by atoms with E-state index in [2.05, 4.69) is 5.32 Å². The molecule has 1 aromatic rings. The molecule has 0 unspecified atom stereocenters. The lowest BCUT2D eigenvalue weighted by atomic mass is 10.0. The SMILES string of the molecule is Cc1ccc(Cl)c2c1NC(=O)C21OCCO1. The molecule has 4 nitrogen and oxygen atoms in total. The van der Waals surface area contributed by atoms with Gasteiger partial charge in [0.15, 0.2) is 0 Å². The lowest BCUT2D eigenvalue weighted by Gasteiger charge is -2.20. The first-order chi connectivity index (χ1) is 7.65. The van der Waals surface area contributed by atoms with Crippen LogP contribution in [0.15, 0.2) is 12.1 Å². The molecule has 2 aliphatic heterocycles. The van der Waals surface area contributed by atoms with E-state index >= 15 is 0 Å². The van der Waals surface area contributed by atoms with Gasteiger partial charge in [0.2, 0.25) is 0 Å². The van der Waals surface area contributed by atoms with Crippen molar-refractivity contribution >= 4 is 23.2 Å². The number of aryl methyl sites for hydroxylation is 1. The Kier molecular flexibility index (Phi) is 2.01. The van der Waals surface area contributed by atoms with E-state index in [1.807, 2.05) is 13.0 Å². The van der Waals surface area contributed by atoms with Gasteiger partial charge in [-0.3, -0.25) is 4.79 Å². The van der Waals surface area contributed by atoms with Crippen molar-refractivity contribution in [2.24, 2.45) is 0 Å². The number of hydrogen-bond acceptors (Lipinski definition) is 3. The van der Waals surface area contributed by atoms with Crippen LogP contribution in [0, 0.1) is 6.92 Å². The number of halogens is 1. The van der Waals surface area contributed by atoms with Gasteiger partial charge in [-0.15, -0.1) is 0 Å². The predicted molar refractivity (Wildman–Crippen MR) is 58.4 cm³/mol. The highest BCUT2D eigenvalue weighted by Crippen LogP contribution is 2.47. The van der Waals surface area contributed by atoms with Crippen molar-refractivity contribution in [2.45, 2.75) is 12.7 Å².